The highest BCUT2D eigenvalue weighted by molar-refractivity contribution is 6.07. The summed E-state index contributed by atoms with van der Waals surface area (Å²) in [5.74, 6) is -1.20. The number of amides is 3. The third kappa shape index (κ3) is 7.10. The van der Waals surface area contributed by atoms with Crippen molar-refractivity contribution >= 4 is 29.1 Å². The van der Waals surface area contributed by atoms with Crippen LogP contribution in [0.15, 0.2) is 72.8 Å². The maximum absolute atomic E-state index is 13.8. The van der Waals surface area contributed by atoms with E-state index in [2.05, 4.69) is 15.5 Å². The van der Waals surface area contributed by atoms with E-state index in [0.717, 1.165) is 37.8 Å². The predicted molar refractivity (Wildman–Crippen MR) is 158 cm³/mol. The van der Waals surface area contributed by atoms with Gasteiger partial charge in [0.15, 0.2) is 0 Å². The van der Waals surface area contributed by atoms with Crippen molar-refractivity contribution in [2.24, 2.45) is 5.73 Å². The summed E-state index contributed by atoms with van der Waals surface area (Å²) >= 11 is 0. The number of nitrogens with zero attached hydrogens (tertiary/aromatic N) is 2. The van der Waals surface area contributed by atoms with Gasteiger partial charge < -0.3 is 26.2 Å². The highest BCUT2D eigenvalue weighted by Crippen LogP contribution is 2.30. The monoisotopic (exact) mass is 557 g/mol. The first-order valence-electron chi connectivity index (χ1n) is 14.2. The lowest BCUT2D eigenvalue weighted by atomic mass is 9.91. The molecule has 41 heavy (non-hydrogen) atoms. The van der Waals surface area contributed by atoms with E-state index in [9.17, 15) is 18.8 Å². The van der Waals surface area contributed by atoms with Gasteiger partial charge in [-0.15, -0.1) is 0 Å². The Morgan fingerprint density at radius 1 is 0.756 bits per heavy atom. The van der Waals surface area contributed by atoms with Gasteiger partial charge >= 0.3 is 0 Å². The fourth-order valence-corrected chi connectivity index (χ4v) is 5.53. The van der Waals surface area contributed by atoms with Crippen molar-refractivity contribution < 1.29 is 18.8 Å². The molecular weight excluding hydrogens is 521 g/mol. The smallest absolute Gasteiger partial charge is 0.255 e. The second kappa shape index (κ2) is 13.0. The summed E-state index contributed by atoms with van der Waals surface area (Å²) in [6.45, 7) is 2.34. The molecule has 0 spiro atoms. The van der Waals surface area contributed by atoms with E-state index in [-0.39, 0.29) is 29.5 Å². The number of carbonyl (C=O) groups is 3. The molecule has 1 saturated carbocycles. The molecule has 1 aliphatic carbocycles. The summed E-state index contributed by atoms with van der Waals surface area (Å²) in [5, 5.41) is 6.02. The molecule has 3 aromatic rings. The van der Waals surface area contributed by atoms with Gasteiger partial charge in [-0.25, -0.2) is 4.39 Å². The molecule has 2 fully saturated rings. The third-order valence-corrected chi connectivity index (χ3v) is 7.85. The zero-order chi connectivity index (χ0) is 28.8. The van der Waals surface area contributed by atoms with Gasteiger partial charge in [0.1, 0.15) is 5.82 Å². The second-order valence-corrected chi connectivity index (χ2v) is 10.8. The first kappa shape index (κ1) is 28.3. The van der Waals surface area contributed by atoms with Crippen molar-refractivity contribution in [1.29, 1.82) is 0 Å². The molecule has 0 radical (unpaired) electrons. The SMILES string of the molecule is NC1CCC(NC(=O)c2ccc(N3CCCN(C(=O)c4ccccc4)CC3)c(NC(=O)c3cccc(F)c3)c2)CC1. The molecule has 3 aromatic carbocycles. The largest absolute Gasteiger partial charge is 0.368 e. The molecule has 8 nitrogen and oxygen atoms in total. The second-order valence-electron chi connectivity index (χ2n) is 10.8. The number of nitrogens with two attached hydrogens (primary N) is 1. The number of rotatable bonds is 6. The summed E-state index contributed by atoms with van der Waals surface area (Å²) in [6.07, 6.45) is 4.15. The van der Waals surface area contributed by atoms with Gasteiger partial charge in [0.2, 0.25) is 0 Å². The molecule has 1 saturated heterocycles. The van der Waals surface area contributed by atoms with Gasteiger partial charge in [0, 0.05) is 55.0 Å². The lowest BCUT2D eigenvalue weighted by Crippen LogP contribution is -2.40. The Kier molecular flexibility index (Phi) is 8.94. The maximum atomic E-state index is 13.8. The summed E-state index contributed by atoms with van der Waals surface area (Å²) in [5.41, 5.74) is 8.47. The number of carbonyl (C=O) groups excluding carboxylic acids is 3. The van der Waals surface area contributed by atoms with Crippen LogP contribution in [0.4, 0.5) is 15.8 Å². The molecule has 9 heteroatoms. The van der Waals surface area contributed by atoms with E-state index in [1.807, 2.05) is 41.3 Å². The molecule has 2 aliphatic rings. The molecule has 5 rings (SSSR count). The number of benzene rings is 3. The summed E-state index contributed by atoms with van der Waals surface area (Å²) < 4.78 is 13.8. The average Bonchev–Trinajstić information content (AvgIpc) is 3.25. The van der Waals surface area contributed by atoms with Crippen molar-refractivity contribution in [2.45, 2.75) is 44.2 Å². The number of hydrogen-bond donors (Lipinski definition) is 3. The Labute approximate surface area is 239 Å². The zero-order valence-corrected chi connectivity index (χ0v) is 23.0. The van der Waals surface area contributed by atoms with Gasteiger partial charge in [-0.3, -0.25) is 14.4 Å². The summed E-state index contributed by atoms with van der Waals surface area (Å²) in [4.78, 5) is 43.3. The normalized spacial score (nSPS) is 19.3. The first-order chi connectivity index (χ1) is 19.9. The molecule has 214 valence electrons. The lowest BCUT2D eigenvalue weighted by molar-refractivity contribution is 0.0766. The molecule has 4 N–H and O–H groups in total. The van der Waals surface area contributed by atoms with Gasteiger partial charge in [-0.2, -0.15) is 0 Å². The van der Waals surface area contributed by atoms with E-state index in [4.69, 9.17) is 5.73 Å². The molecule has 0 bridgehead atoms. The summed E-state index contributed by atoms with van der Waals surface area (Å²) in [6, 6.07) is 20.2. The van der Waals surface area contributed by atoms with Crippen LogP contribution >= 0.6 is 0 Å². The minimum Gasteiger partial charge on any atom is -0.368 e. The van der Waals surface area contributed by atoms with E-state index in [0.29, 0.717) is 43.0 Å². The van der Waals surface area contributed by atoms with Gasteiger partial charge in [0.25, 0.3) is 17.7 Å². The van der Waals surface area contributed by atoms with Crippen LogP contribution in [0, 0.1) is 5.82 Å². The van der Waals surface area contributed by atoms with Crippen molar-refractivity contribution in [1.82, 2.24) is 10.2 Å². The number of halogens is 1. The minimum atomic E-state index is -0.506. The Morgan fingerprint density at radius 3 is 2.24 bits per heavy atom. The number of hydrogen-bond acceptors (Lipinski definition) is 5. The number of anilines is 2. The summed E-state index contributed by atoms with van der Waals surface area (Å²) in [7, 11) is 0. The third-order valence-electron chi connectivity index (χ3n) is 7.85. The van der Waals surface area contributed by atoms with Crippen molar-refractivity contribution in [3.05, 3.63) is 95.3 Å². The van der Waals surface area contributed by atoms with E-state index in [1.54, 1.807) is 18.2 Å². The molecule has 3 amide bonds. The Balaban J connectivity index is 1.36. The van der Waals surface area contributed by atoms with Crippen molar-refractivity contribution in [3.8, 4) is 0 Å². The van der Waals surface area contributed by atoms with E-state index in [1.165, 1.54) is 18.2 Å². The maximum Gasteiger partial charge on any atom is 0.255 e. The highest BCUT2D eigenvalue weighted by Gasteiger charge is 2.24. The Bertz CT molecular complexity index is 1390. The van der Waals surface area contributed by atoms with Crippen molar-refractivity contribution in [3.63, 3.8) is 0 Å². The average molecular weight is 558 g/mol. The molecular formula is C32H36FN5O3. The molecule has 0 aromatic heterocycles. The molecule has 0 unspecified atom stereocenters. The first-order valence-corrected chi connectivity index (χ1v) is 14.2. The van der Waals surface area contributed by atoms with Crippen LogP contribution in [0.1, 0.15) is 63.2 Å². The van der Waals surface area contributed by atoms with Crippen molar-refractivity contribution in [2.75, 3.05) is 36.4 Å². The topological polar surface area (TPSA) is 108 Å². The molecule has 1 heterocycles. The Morgan fingerprint density at radius 2 is 1.49 bits per heavy atom. The van der Waals surface area contributed by atoms with Gasteiger partial charge in [-0.05, 0) is 80.6 Å². The quantitative estimate of drug-likeness (QED) is 0.416. The molecule has 1 aliphatic heterocycles. The Hall–Kier alpha value is -4.24. The van der Waals surface area contributed by atoms with Crippen LogP contribution in [0.3, 0.4) is 0 Å². The zero-order valence-electron chi connectivity index (χ0n) is 23.0. The van der Waals surface area contributed by atoms with Crippen LogP contribution in [-0.2, 0) is 0 Å². The fraction of sp³-hybridized carbons (Fsp3) is 0.344. The highest BCUT2D eigenvalue weighted by atomic mass is 19.1. The fourth-order valence-electron chi connectivity index (χ4n) is 5.53. The van der Waals surface area contributed by atoms with Gasteiger partial charge in [0.05, 0.1) is 11.4 Å². The molecule has 0 atom stereocenters. The van der Waals surface area contributed by atoms with Crippen LogP contribution in [0.5, 0.6) is 0 Å². The van der Waals surface area contributed by atoms with Gasteiger partial charge in [-0.1, -0.05) is 24.3 Å². The van der Waals surface area contributed by atoms with E-state index >= 15 is 0 Å². The standard InChI is InChI=1S/C32H36FN5O3/c33-25-9-4-8-23(20-25)31(40)36-28-21-24(30(39)35-27-13-11-26(34)12-14-27)10-15-29(28)37-16-5-17-38(19-18-37)32(41)22-6-2-1-3-7-22/h1-4,6-10,15,20-21,26-27H,5,11-14,16-19,34H2,(H,35,39)(H,36,40). The van der Waals surface area contributed by atoms with Crippen LogP contribution in [0.2, 0.25) is 0 Å². The predicted octanol–water partition coefficient (Wildman–Crippen LogP) is 4.43. The minimum absolute atomic E-state index is 0.0113. The lowest BCUT2D eigenvalue weighted by Gasteiger charge is -2.28. The van der Waals surface area contributed by atoms with Crippen LogP contribution < -0.4 is 21.3 Å². The number of nitrogens with one attached hydrogen (secondary N) is 2. The van der Waals surface area contributed by atoms with Crippen LogP contribution in [0.25, 0.3) is 0 Å². The van der Waals surface area contributed by atoms with Crippen LogP contribution in [-0.4, -0.2) is 60.9 Å². The van der Waals surface area contributed by atoms with E-state index < -0.39 is 11.7 Å².